The van der Waals surface area contributed by atoms with Crippen LogP contribution in [0.5, 0.6) is 0 Å². The van der Waals surface area contributed by atoms with Gasteiger partial charge >= 0.3 is 0 Å². The minimum Gasteiger partial charge on any atom is -0.377 e. The highest BCUT2D eigenvalue weighted by Gasteiger charge is 2.11. The first-order chi connectivity index (χ1) is 15.0. The van der Waals surface area contributed by atoms with E-state index in [0.29, 0.717) is 21.7 Å². The molecular weight excluding hydrogens is 412 g/mol. The van der Waals surface area contributed by atoms with Crippen LogP contribution in [0.15, 0.2) is 83.8 Å². The number of halogens is 1. The van der Waals surface area contributed by atoms with Crippen molar-refractivity contribution in [1.82, 2.24) is 9.55 Å². The minimum atomic E-state index is -0.332. The molecule has 1 atom stereocenters. The first kappa shape index (κ1) is 20.6. The van der Waals surface area contributed by atoms with Crippen molar-refractivity contribution in [2.45, 2.75) is 19.5 Å². The standard InChI is InChI=1S/C24H21ClN4O2/c1-16(17-7-3-2-4-8-17)27-20-12-11-18(13-19(20)25)28-23(30)15-29-22-10-6-5-9-21(22)26-14-24(29)31/h2-14,16,27H,15H2,1H3,(H,28,30). The van der Waals surface area contributed by atoms with Crippen molar-refractivity contribution in [2.24, 2.45) is 0 Å². The van der Waals surface area contributed by atoms with Crippen molar-refractivity contribution in [3.8, 4) is 0 Å². The summed E-state index contributed by atoms with van der Waals surface area (Å²) in [7, 11) is 0. The van der Waals surface area contributed by atoms with Crippen LogP contribution >= 0.6 is 11.6 Å². The highest BCUT2D eigenvalue weighted by Crippen LogP contribution is 2.29. The third kappa shape index (κ3) is 4.75. The Hall–Kier alpha value is -3.64. The molecule has 1 heterocycles. The molecule has 0 aliphatic carbocycles. The number of para-hydroxylation sites is 2. The van der Waals surface area contributed by atoms with Gasteiger partial charge in [-0.15, -0.1) is 0 Å². The molecule has 2 N–H and O–H groups in total. The fourth-order valence-electron chi connectivity index (χ4n) is 3.39. The average Bonchev–Trinajstić information content (AvgIpc) is 2.78. The second-order valence-electron chi connectivity index (χ2n) is 7.19. The van der Waals surface area contributed by atoms with Gasteiger partial charge in [0.1, 0.15) is 6.54 Å². The SMILES string of the molecule is CC(Nc1ccc(NC(=O)Cn2c(=O)cnc3ccccc32)cc1Cl)c1ccccc1. The van der Waals surface area contributed by atoms with E-state index in [9.17, 15) is 9.59 Å². The quantitative estimate of drug-likeness (QED) is 0.456. The van der Waals surface area contributed by atoms with Crippen LogP contribution in [0.25, 0.3) is 11.0 Å². The maximum atomic E-state index is 12.6. The molecular formula is C24H21ClN4O2. The van der Waals surface area contributed by atoms with Crippen LogP contribution in [0.1, 0.15) is 18.5 Å². The molecule has 4 rings (SSSR count). The number of hydrogen-bond acceptors (Lipinski definition) is 4. The zero-order valence-electron chi connectivity index (χ0n) is 16.9. The molecule has 0 fully saturated rings. The summed E-state index contributed by atoms with van der Waals surface area (Å²) in [6, 6.07) is 22.6. The van der Waals surface area contributed by atoms with E-state index in [1.807, 2.05) is 42.5 Å². The number of benzene rings is 3. The first-order valence-electron chi connectivity index (χ1n) is 9.87. The zero-order chi connectivity index (χ0) is 21.8. The van der Waals surface area contributed by atoms with Gasteiger partial charge in [-0.3, -0.25) is 14.2 Å². The smallest absolute Gasteiger partial charge is 0.269 e. The van der Waals surface area contributed by atoms with Crippen molar-refractivity contribution in [1.29, 1.82) is 0 Å². The van der Waals surface area contributed by atoms with E-state index in [-0.39, 0.29) is 24.1 Å². The van der Waals surface area contributed by atoms with E-state index >= 15 is 0 Å². The summed E-state index contributed by atoms with van der Waals surface area (Å²) in [5, 5.41) is 6.67. The number of hydrogen-bond donors (Lipinski definition) is 2. The molecule has 0 aliphatic heterocycles. The Balaban J connectivity index is 1.47. The van der Waals surface area contributed by atoms with Gasteiger partial charge in [0.15, 0.2) is 0 Å². The largest absolute Gasteiger partial charge is 0.377 e. The van der Waals surface area contributed by atoms with Gasteiger partial charge < -0.3 is 10.6 Å². The Labute approximate surface area is 184 Å². The molecule has 7 heteroatoms. The molecule has 3 aromatic carbocycles. The first-order valence-corrected chi connectivity index (χ1v) is 10.2. The predicted molar refractivity (Wildman–Crippen MR) is 125 cm³/mol. The molecule has 156 valence electrons. The van der Waals surface area contributed by atoms with Gasteiger partial charge in [-0.05, 0) is 42.8 Å². The van der Waals surface area contributed by atoms with Gasteiger partial charge in [0.05, 0.1) is 27.9 Å². The molecule has 1 unspecified atom stereocenters. The van der Waals surface area contributed by atoms with Crippen LogP contribution in [0, 0.1) is 0 Å². The van der Waals surface area contributed by atoms with Gasteiger partial charge in [-0.2, -0.15) is 0 Å². The highest BCUT2D eigenvalue weighted by atomic mass is 35.5. The van der Waals surface area contributed by atoms with Crippen LogP contribution < -0.4 is 16.2 Å². The lowest BCUT2D eigenvalue weighted by Crippen LogP contribution is -2.28. The number of nitrogens with zero attached hydrogens (tertiary/aromatic N) is 2. The van der Waals surface area contributed by atoms with Gasteiger partial charge in [0.2, 0.25) is 5.91 Å². The summed E-state index contributed by atoms with van der Waals surface area (Å²) in [6.45, 7) is 1.93. The molecule has 0 aliphatic rings. The van der Waals surface area contributed by atoms with Crippen molar-refractivity contribution >= 4 is 39.9 Å². The zero-order valence-corrected chi connectivity index (χ0v) is 17.6. The van der Waals surface area contributed by atoms with Gasteiger partial charge in [-0.1, -0.05) is 54.1 Å². The number of nitrogens with one attached hydrogen (secondary N) is 2. The monoisotopic (exact) mass is 432 g/mol. The van der Waals surface area contributed by atoms with E-state index in [4.69, 9.17) is 11.6 Å². The molecule has 0 saturated carbocycles. The van der Waals surface area contributed by atoms with Crippen molar-refractivity contribution < 1.29 is 4.79 Å². The normalized spacial score (nSPS) is 11.8. The van der Waals surface area contributed by atoms with E-state index in [2.05, 4.69) is 22.5 Å². The fourth-order valence-corrected chi connectivity index (χ4v) is 3.63. The van der Waals surface area contributed by atoms with Crippen LogP contribution in [-0.4, -0.2) is 15.5 Å². The van der Waals surface area contributed by atoms with Crippen molar-refractivity contribution in [3.05, 3.63) is 99.9 Å². The summed E-state index contributed by atoms with van der Waals surface area (Å²) in [5.74, 6) is -0.326. The molecule has 1 aromatic heterocycles. The average molecular weight is 433 g/mol. The third-order valence-corrected chi connectivity index (χ3v) is 5.29. The topological polar surface area (TPSA) is 76.0 Å². The lowest BCUT2D eigenvalue weighted by molar-refractivity contribution is -0.116. The van der Waals surface area contributed by atoms with E-state index in [1.54, 1.807) is 30.3 Å². The van der Waals surface area contributed by atoms with E-state index < -0.39 is 0 Å². The number of carbonyl (C=O) groups is 1. The number of rotatable bonds is 6. The second kappa shape index (κ2) is 9.02. The third-order valence-electron chi connectivity index (χ3n) is 4.98. The summed E-state index contributed by atoms with van der Waals surface area (Å²) in [6.07, 6.45) is 1.22. The van der Waals surface area contributed by atoms with Gasteiger partial charge in [0.25, 0.3) is 5.56 Å². The molecule has 4 aromatic rings. The van der Waals surface area contributed by atoms with Crippen LogP contribution in [-0.2, 0) is 11.3 Å². The summed E-state index contributed by atoms with van der Waals surface area (Å²) < 4.78 is 1.40. The van der Waals surface area contributed by atoms with Crippen LogP contribution in [0.3, 0.4) is 0 Å². The molecule has 0 spiro atoms. The predicted octanol–water partition coefficient (Wildman–Crippen LogP) is 4.86. The van der Waals surface area contributed by atoms with Crippen molar-refractivity contribution in [3.63, 3.8) is 0 Å². The highest BCUT2D eigenvalue weighted by molar-refractivity contribution is 6.33. The Morgan fingerprint density at radius 1 is 1.06 bits per heavy atom. The van der Waals surface area contributed by atoms with Gasteiger partial charge in [-0.25, -0.2) is 4.98 Å². The summed E-state index contributed by atoms with van der Waals surface area (Å²) in [5.41, 5.74) is 3.40. The van der Waals surface area contributed by atoms with Crippen LogP contribution in [0.4, 0.5) is 11.4 Å². The second-order valence-corrected chi connectivity index (χ2v) is 7.60. The molecule has 0 radical (unpaired) electrons. The number of anilines is 2. The van der Waals surface area contributed by atoms with Crippen molar-refractivity contribution in [2.75, 3.05) is 10.6 Å². The lowest BCUT2D eigenvalue weighted by atomic mass is 10.1. The van der Waals surface area contributed by atoms with E-state index in [0.717, 1.165) is 11.3 Å². The molecule has 31 heavy (non-hydrogen) atoms. The Kier molecular flexibility index (Phi) is 6.00. The maximum absolute atomic E-state index is 12.6. The summed E-state index contributed by atoms with van der Waals surface area (Å²) in [4.78, 5) is 28.9. The number of fused-ring (bicyclic) bond motifs is 1. The molecule has 0 saturated heterocycles. The van der Waals surface area contributed by atoms with Gasteiger partial charge in [0, 0.05) is 11.7 Å². The van der Waals surface area contributed by atoms with Crippen LogP contribution in [0.2, 0.25) is 5.02 Å². The minimum absolute atomic E-state index is 0.0750. The number of carbonyl (C=O) groups excluding carboxylic acids is 1. The fraction of sp³-hybridized carbons (Fsp3) is 0.125. The Bertz CT molecular complexity index is 1290. The Morgan fingerprint density at radius 2 is 1.81 bits per heavy atom. The maximum Gasteiger partial charge on any atom is 0.269 e. The molecule has 1 amide bonds. The summed E-state index contributed by atoms with van der Waals surface area (Å²) >= 11 is 6.43. The Morgan fingerprint density at radius 3 is 2.58 bits per heavy atom. The van der Waals surface area contributed by atoms with E-state index in [1.165, 1.54) is 10.8 Å². The number of amides is 1. The lowest BCUT2D eigenvalue weighted by Gasteiger charge is -2.17. The molecule has 0 bridgehead atoms. The molecule has 6 nitrogen and oxygen atoms in total. The number of aromatic nitrogens is 2.